The predicted molar refractivity (Wildman–Crippen MR) is 195 cm³/mol. The average Bonchev–Trinajstić information content (AvgIpc) is 3.82. The lowest BCUT2D eigenvalue weighted by Gasteiger charge is -2.17. The third kappa shape index (κ3) is 7.58. The van der Waals surface area contributed by atoms with Gasteiger partial charge in [0.15, 0.2) is 23.7 Å². The van der Waals surface area contributed by atoms with Crippen molar-refractivity contribution in [1.82, 2.24) is 0 Å². The van der Waals surface area contributed by atoms with E-state index in [1.54, 1.807) is 72.8 Å². The number of fused-ring (bicyclic) bond motifs is 3. The second kappa shape index (κ2) is 15.5. The van der Waals surface area contributed by atoms with Crippen molar-refractivity contribution in [3.8, 4) is 23.0 Å². The monoisotopic (exact) mass is 758 g/mol. The molecule has 2 heterocycles. The van der Waals surface area contributed by atoms with Gasteiger partial charge in [0.1, 0.15) is 23.7 Å². The molecule has 14 heteroatoms. The summed E-state index contributed by atoms with van der Waals surface area (Å²) in [5, 5.41) is 20.7. The molecule has 2 N–H and O–H groups in total. The molecule has 0 bridgehead atoms. The highest BCUT2D eigenvalue weighted by molar-refractivity contribution is 5.98. The van der Waals surface area contributed by atoms with E-state index in [2.05, 4.69) is 9.78 Å². The number of carbonyl (C=O) groups excluding carboxylic acids is 4. The molecule has 0 aromatic heterocycles. The van der Waals surface area contributed by atoms with Gasteiger partial charge < -0.3 is 38.2 Å². The molecule has 2 aliphatic heterocycles. The second-order valence-corrected chi connectivity index (χ2v) is 12.9. The maximum atomic E-state index is 13.0. The fraction of sp³-hybridized carbons (Fsp3) is 0.143. The zero-order valence-electron chi connectivity index (χ0n) is 29.1. The maximum absolute atomic E-state index is 13.0. The van der Waals surface area contributed by atoms with Crippen LogP contribution in [0.15, 0.2) is 121 Å². The molecule has 0 aliphatic carbocycles. The molecule has 6 aromatic carbocycles. The molecule has 2 aliphatic rings. The Labute approximate surface area is 317 Å². The van der Waals surface area contributed by atoms with E-state index >= 15 is 0 Å². The minimum absolute atomic E-state index is 0.0281. The predicted octanol–water partition coefficient (Wildman–Crippen LogP) is 6.68. The van der Waals surface area contributed by atoms with Crippen LogP contribution in [0.1, 0.15) is 41.4 Å². The Hall–Kier alpha value is -6.84. The van der Waals surface area contributed by atoms with Crippen molar-refractivity contribution in [3.63, 3.8) is 0 Å². The van der Waals surface area contributed by atoms with Gasteiger partial charge in [-0.3, -0.25) is 0 Å². The lowest BCUT2D eigenvalue weighted by atomic mass is 10.1. The van der Waals surface area contributed by atoms with Crippen molar-refractivity contribution in [2.45, 2.75) is 24.4 Å². The molecule has 0 saturated carbocycles. The summed E-state index contributed by atoms with van der Waals surface area (Å²) in [4.78, 5) is 60.1. The van der Waals surface area contributed by atoms with E-state index < -0.39 is 48.3 Å². The van der Waals surface area contributed by atoms with Crippen molar-refractivity contribution in [2.75, 3.05) is 13.2 Å². The van der Waals surface area contributed by atoms with Crippen molar-refractivity contribution in [2.24, 2.45) is 0 Å². The van der Waals surface area contributed by atoms with Crippen molar-refractivity contribution in [1.29, 1.82) is 0 Å². The van der Waals surface area contributed by atoms with Crippen LogP contribution in [0, 0.1) is 0 Å². The summed E-state index contributed by atoms with van der Waals surface area (Å²) in [6, 6.07) is 31.4. The minimum Gasteiger partial charge on any atom is -0.453 e. The number of benzene rings is 6. The zero-order valence-corrected chi connectivity index (χ0v) is 29.1. The molecular formula is C42H30O14. The Bertz CT molecular complexity index is 2290. The van der Waals surface area contributed by atoms with E-state index in [0.29, 0.717) is 11.1 Å². The van der Waals surface area contributed by atoms with E-state index in [4.69, 9.17) is 38.9 Å². The maximum Gasteiger partial charge on any atom is 0.343 e. The summed E-state index contributed by atoms with van der Waals surface area (Å²) in [5.74, 6) is -1.50. The van der Waals surface area contributed by atoms with Crippen LogP contribution in [-0.2, 0) is 18.9 Å². The van der Waals surface area contributed by atoms with Gasteiger partial charge in [-0.1, -0.05) is 24.3 Å². The van der Waals surface area contributed by atoms with E-state index in [9.17, 15) is 19.2 Å². The molecule has 8 rings (SSSR count). The van der Waals surface area contributed by atoms with Gasteiger partial charge in [0.2, 0.25) is 0 Å². The highest BCUT2D eigenvalue weighted by Crippen LogP contribution is 2.32. The first-order valence-corrected chi connectivity index (χ1v) is 17.2. The summed E-state index contributed by atoms with van der Waals surface area (Å²) < 4.78 is 34.0. The molecule has 6 aromatic rings. The fourth-order valence-electron chi connectivity index (χ4n) is 6.51. The Kier molecular flexibility index (Phi) is 10.00. The number of hydrogen-bond donors (Lipinski definition) is 2. The number of rotatable bonds is 10. The Morgan fingerprint density at radius 2 is 0.768 bits per heavy atom. The third-order valence-corrected chi connectivity index (χ3v) is 9.39. The molecule has 14 nitrogen and oxygen atoms in total. The van der Waals surface area contributed by atoms with Gasteiger partial charge in [0.05, 0.1) is 35.5 Å². The molecular weight excluding hydrogens is 728 g/mol. The molecule has 56 heavy (non-hydrogen) atoms. The Morgan fingerprint density at radius 3 is 1.16 bits per heavy atom. The lowest BCUT2D eigenvalue weighted by molar-refractivity contribution is -0.137. The van der Waals surface area contributed by atoms with Crippen LogP contribution in [0.5, 0.6) is 23.0 Å². The first-order valence-electron chi connectivity index (χ1n) is 17.2. The van der Waals surface area contributed by atoms with E-state index in [-0.39, 0.29) is 47.3 Å². The van der Waals surface area contributed by atoms with Gasteiger partial charge in [-0.15, -0.1) is 0 Å². The normalized spacial score (nSPS) is 18.5. The van der Waals surface area contributed by atoms with Gasteiger partial charge in [-0.05, 0) is 119 Å². The van der Waals surface area contributed by atoms with Crippen molar-refractivity contribution < 1.29 is 67.9 Å². The molecule has 282 valence electrons. The van der Waals surface area contributed by atoms with Crippen molar-refractivity contribution >= 4 is 45.4 Å². The van der Waals surface area contributed by atoms with Crippen LogP contribution in [-0.4, -0.2) is 72.0 Å². The first-order chi connectivity index (χ1) is 27.2. The third-order valence-electron chi connectivity index (χ3n) is 9.39. The van der Waals surface area contributed by atoms with Gasteiger partial charge in [0.25, 0.3) is 0 Å². The minimum atomic E-state index is -0.759. The SMILES string of the molecule is O=C(Oc1ccc(C(=O)O[C@@H]2COC3C2OC[C@H]3OC(=O)c2ccc(OC(=O)c3ccc4cc(OO)ccc4c3)cc2)cc1)c1ccc2cc(OO)ccc2c1. The van der Waals surface area contributed by atoms with Crippen LogP contribution in [0.4, 0.5) is 0 Å². The standard InChI is InChI=1S/C42H30O14/c43-39(23-5-11-31(12-6-23)51-41(45)29-3-1-27-19-33(55-47)15-9-25(27)17-29)53-35-21-49-38-36(22-50-37(35)38)54-40(44)24-7-13-32(14-8-24)52-42(46)30-4-2-28-20-34(56-48)16-10-26(28)18-30/h1-20,35-38,47-48H,21-22H2/t35-,36-,37?,38?/m1/s1. The summed E-state index contributed by atoms with van der Waals surface area (Å²) in [7, 11) is 0. The fourth-order valence-corrected chi connectivity index (χ4v) is 6.51. The number of ether oxygens (including phenoxy) is 6. The van der Waals surface area contributed by atoms with Crippen LogP contribution in [0.3, 0.4) is 0 Å². The highest BCUT2D eigenvalue weighted by atomic mass is 17.1. The number of hydrogen-bond acceptors (Lipinski definition) is 14. The molecule has 2 saturated heterocycles. The van der Waals surface area contributed by atoms with Crippen molar-refractivity contribution in [3.05, 3.63) is 144 Å². The smallest absolute Gasteiger partial charge is 0.343 e. The number of carbonyl (C=O) groups is 4. The van der Waals surface area contributed by atoms with Crippen LogP contribution in [0.25, 0.3) is 21.5 Å². The summed E-state index contributed by atoms with van der Waals surface area (Å²) in [5.41, 5.74) is 1.03. The topological polar surface area (TPSA) is 183 Å². The molecule has 4 atom stereocenters. The summed E-state index contributed by atoms with van der Waals surface area (Å²) >= 11 is 0. The van der Waals surface area contributed by atoms with Gasteiger partial charge >= 0.3 is 23.9 Å². The molecule has 2 unspecified atom stereocenters. The van der Waals surface area contributed by atoms with Gasteiger partial charge in [-0.25, -0.2) is 29.7 Å². The largest absolute Gasteiger partial charge is 0.453 e. The summed E-state index contributed by atoms with van der Waals surface area (Å²) in [6.45, 7) is 0.0562. The van der Waals surface area contributed by atoms with Gasteiger partial charge in [0, 0.05) is 0 Å². The summed E-state index contributed by atoms with van der Waals surface area (Å²) in [6.07, 6.45) is -2.84. The Balaban J connectivity index is 0.815. The quantitative estimate of drug-likeness (QED) is 0.0653. The van der Waals surface area contributed by atoms with Gasteiger partial charge in [-0.2, -0.15) is 0 Å². The molecule has 2 fully saturated rings. The van der Waals surface area contributed by atoms with E-state index in [1.807, 2.05) is 0 Å². The number of esters is 4. The zero-order chi connectivity index (χ0) is 38.8. The van der Waals surface area contributed by atoms with Crippen LogP contribution >= 0.6 is 0 Å². The Morgan fingerprint density at radius 1 is 0.429 bits per heavy atom. The molecule has 0 amide bonds. The average molecular weight is 759 g/mol. The molecule has 0 spiro atoms. The van der Waals surface area contributed by atoms with Crippen LogP contribution in [0.2, 0.25) is 0 Å². The lowest BCUT2D eigenvalue weighted by Crippen LogP contribution is -2.36. The van der Waals surface area contributed by atoms with Crippen LogP contribution < -0.4 is 19.2 Å². The first kappa shape index (κ1) is 36.2. The highest BCUT2D eigenvalue weighted by Gasteiger charge is 2.51. The van der Waals surface area contributed by atoms with E-state index in [0.717, 1.165) is 21.5 Å². The molecule has 0 radical (unpaired) electrons. The second-order valence-electron chi connectivity index (χ2n) is 12.9. The van der Waals surface area contributed by atoms with E-state index in [1.165, 1.54) is 48.5 Å².